The molecule has 0 radical (unpaired) electrons. The van der Waals surface area contributed by atoms with Gasteiger partial charge in [-0.1, -0.05) is 26.7 Å². The molecule has 4 heteroatoms. The lowest BCUT2D eigenvalue weighted by Crippen LogP contribution is -2.24. The minimum Gasteiger partial charge on any atom is -0.466 e. The number of esters is 2. The Hall–Kier alpha value is -1.06. The van der Waals surface area contributed by atoms with E-state index in [1.807, 2.05) is 0 Å². The van der Waals surface area contributed by atoms with Crippen molar-refractivity contribution in [2.24, 2.45) is 11.8 Å². The highest BCUT2D eigenvalue weighted by Crippen LogP contribution is 2.32. The zero-order chi connectivity index (χ0) is 15.5. The van der Waals surface area contributed by atoms with Crippen LogP contribution in [-0.4, -0.2) is 25.2 Å². The number of hydrogen-bond donors (Lipinski definition) is 0. The molecule has 0 amide bonds. The van der Waals surface area contributed by atoms with E-state index in [0.717, 1.165) is 31.6 Å². The summed E-state index contributed by atoms with van der Waals surface area (Å²) in [6, 6.07) is 0. The van der Waals surface area contributed by atoms with Gasteiger partial charge in [0, 0.05) is 6.42 Å². The van der Waals surface area contributed by atoms with Gasteiger partial charge in [0.15, 0.2) is 0 Å². The number of ether oxygens (including phenoxy) is 2. The van der Waals surface area contributed by atoms with E-state index in [1.54, 1.807) is 6.92 Å². The summed E-state index contributed by atoms with van der Waals surface area (Å²) in [4.78, 5) is 22.9. The molecule has 0 saturated heterocycles. The van der Waals surface area contributed by atoms with Crippen molar-refractivity contribution >= 4 is 11.9 Å². The van der Waals surface area contributed by atoms with Crippen molar-refractivity contribution < 1.29 is 19.1 Å². The van der Waals surface area contributed by atoms with Crippen LogP contribution in [0, 0.1) is 11.8 Å². The molecule has 1 saturated carbocycles. The maximum Gasteiger partial charge on any atom is 0.308 e. The van der Waals surface area contributed by atoms with Gasteiger partial charge in [-0.05, 0) is 44.4 Å². The minimum absolute atomic E-state index is 0.0319. The van der Waals surface area contributed by atoms with E-state index in [1.165, 1.54) is 25.7 Å². The fraction of sp³-hybridized carbons (Fsp3) is 0.882. The van der Waals surface area contributed by atoms with Crippen LogP contribution in [0.25, 0.3) is 0 Å². The van der Waals surface area contributed by atoms with Gasteiger partial charge in [-0.15, -0.1) is 0 Å². The molecule has 0 aromatic carbocycles. The molecule has 0 spiro atoms. The molecule has 0 unspecified atom stereocenters. The maximum atomic E-state index is 11.9. The molecule has 0 aromatic heterocycles. The molecular weight excluding hydrogens is 268 g/mol. The van der Waals surface area contributed by atoms with Crippen LogP contribution in [0.3, 0.4) is 0 Å². The van der Waals surface area contributed by atoms with Gasteiger partial charge in [0.05, 0.1) is 19.1 Å². The van der Waals surface area contributed by atoms with Crippen LogP contribution in [0.2, 0.25) is 0 Å². The van der Waals surface area contributed by atoms with Gasteiger partial charge < -0.3 is 9.47 Å². The molecule has 1 aliphatic rings. The van der Waals surface area contributed by atoms with Crippen molar-refractivity contribution in [1.82, 2.24) is 0 Å². The van der Waals surface area contributed by atoms with Gasteiger partial charge in [-0.3, -0.25) is 9.59 Å². The van der Waals surface area contributed by atoms with Gasteiger partial charge in [0.25, 0.3) is 0 Å². The third kappa shape index (κ3) is 7.49. The van der Waals surface area contributed by atoms with E-state index in [-0.39, 0.29) is 17.9 Å². The van der Waals surface area contributed by atoms with Gasteiger partial charge in [-0.25, -0.2) is 0 Å². The van der Waals surface area contributed by atoms with Crippen LogP contribution in [0.5, 0.6) is 0 Å². The first kappa shape index (κ1) is 18.0. The first-order valence-electron chi connectivity index (χ1n) is 8.49. The average molecular weight is 298 g/mol. The second kappa shape index (κ2) is 10.6. The Labute approximate surface area is 128 Å². The first-order chi connectivity index (χ1) is 10.2. The van der Waals surface area contributed by atoms with E-state index in [4.69, 9.17) is 9.47 Å². The monoisotopic (exact) mass is 298 g/mol. The Morgan fingerprint density at radius 2 is 1.57 bits per heavy atom. The zero-order valence-electron chi connectivity index (χ0n) is 13.6. The lowest BCUT2D eigenvalue weighted by molar-refractivity contribution is -0.150. The summed E-state index contributed by atoms with van der Waals surface area (Å²) in [5.41, 5.74) is 0. The molecule has 0 aliphatic heterocycles. The van der Waals surface area contributed by atoms with Crippen LogP contribution >= 0.6 is 0 Å². The van der Waals surface area contributed by atoms with Crippen LogP contribution in [0.4, 0.5) is 0 Å². The second-order valence-electron chi connectivity index (χ2n) is 5.95. The van der Waals surface area contributed by atoms with Crippen molar-refractivity contribution in [2.45, 2.75) is 71.6 Å². The maximum absolute atomic E-state index is 11.9. The Morgan fingerprint density at radius 3 is 2.14 bits per heavy atom. The first-order valence-corrected chi connectivity index (χ1v) is 8.49. The van der Waals surface area contributed by atoms with Crippen LogP contribution in [0.1, 0.15) is 71.6 Å². The van der Waals surface area contributed by atoms with Crippen LogP contribution < -0.4 is 0 Å². The Morgan fingerprint density at radius 1 is 0.952 bits per heavy atom. The summed E-state index contributed by atoms with van der Waals surface area (Å²) in [5.74, 6) is 0.717. The van der Waals surface area contributed by atoms with Crippen molar-refractivity contribution in [3.8, 4) is 0 Å². The number of unbranched alkanes of at least 4 members (excludes halogenated alkanes) is 1. The third-order valence-corrected chi connectivity index (χ3v) is 4.21. The number of hydrogen-bond acceptors (Lipinski definition) is 4. The summed E-state index contributed by atoms with van der Waals surface area (Å²) in [7, 11) is 0. The van der Waals surface area contributed by atoms with E-state index >= 15 is 0 Å². The fourth-order valence-electron chi connectivity index (χ4n) is 2.88. The summed E-state index contributed by atoms with van der Waals surface area (Å²) in [6.45, 7) is 4.86. The Kier molecular flexibility index (Phi) is 9.11. The topological polar surface area (TPSA) is 52.6 Å². The van der Waals surface area contributed by atoms with E-state index < -0.39 is 0 Å². The van der Waals surface area contributed by atoms with Crippen molar-refractivity contribution in [3.05, 3.63) is 0 Å². The standard InChI is InChI=1S/C17H30O4/c1-3-7-14-8-10-15(11-9-14)17(19)21-13-6-5-12-20-16(18)4-2/h14-15H,3-13H2,1-2H3. The van der Waals surface area contributed by atoms with Gasteiger partial charge in [0.1, 0.15) is 0 Å². The molecule has 0 aromatic rings. The summed E-state index contributed by atoms with van der Waals surface area (Å²) in [6.07, 6.45) is 8.75. The molecule has 0 N–H and O–H groups in total. The highest BCUT2D eigenvalue weighted by atomic mass is 16.5. The van der Waals surface area contributed by atoms with Gasteiger partial charge in [0.2, 0.25) is 0 Å². The summed E-state index contributed by atoms with van der Waals surface area (Å²) in [5, 5.41) is 0. The molecule has 1 aliphatic carbocycles. The summed E-state index contributed by atoms with van der Waals surface area (Å²) >= 11 is 0. The van der Waals surface area contributed by atoms with Gasteiger partial charge >= 0.3 is 11.9 Å². The SMILES string of the molecule is CCCC1CCC(C(=O)OCCCCOC(=O)CC)CC1. The largest absolute Gasteiger partial charge is 0.466 e. The van der Waals surface area contributed by atoms with Crippen LogP contribution in [0.15, 0.2) is 0 Å². The molecule has 1 fully saturated rings. The third-order valence-electron chi connectivity index (χ3n) is 4.21. The molecule has 1 rings (SSSR count). The molecule has 0 bridgehead atoms. The minimum atomic E-state index is -0.171. The number of carbonyl (C=O) groups is 2. The smallest absolute Gasteiger partial charge is 0.308 e. The number of carbonyl (C=O) groups excluding carboxylic acids is 2. The average Bonchev–Trinajstić information content (AvgIpc) is 2.51. The van der Waals surface area contributed by atoms with Crippen molar-refractivity contribution in [3.63, 3.8) is 0 Å². The van der Waals surface area contributed by atoms with Crippen molar-refractivity contribution in [2.75, 3.05) is 13.2 Å². The molecule has 21 heavy (non-hydrogen) atoms. The molecule has 0 atom stereocenters. The summed E-state index contributed by atoms with van der Waals surface area (Å²) < 4.78 is 10.3. The Bertz CT molecular complexity index is 306. The predicted molar refractivity (Wildman–Crippen MR) is 81.8 cm³/mol. The molecule has 0 heterocycles. The fourth-order valence-corrected chi connectivity index (χ4v) is 2.88. The van der Waals surface area contributed by atoms with Crippen LogP contribution in [-0.2, 0) is 19.1 Å². The number of rotatable bonds is 9. The highest BCUT2D eigenvalue weighted by molar-refractivity contribution is 5.72. The van der Waals surface area contributed by atoms with E-state index in [9.17, 15) is 9.59 Å². The van der Waals surface area contributed by atoms with Crippen molar-refractivity contribution in [1.29, 1.82) is 0 Å². The highest BCUT2D eigenvalue weighted by Gasteiger charge is 2.26. The normalized spacial score (nSPS) is 21.8. The molecular formula is C17H30O4. The van der Waals surface area contributed by atoms with E-state index in [0.29, 0.717) is 19.6 Å². The van der Waals surface area contributed by atoms with Gasteiger partial charge in [-0.2, -0.15) is 0 Å². The molecule has 122 valence electrons. The van der Waals surface area contributed by atoms with E-state index in [2.05, 4.69) is 6.92 Å². The second-order valence-corrected chi connectivity index (χ2v) is 5.95. The quantitative estimate of drug-likeness (QED) is 0.479. The Balaban J connectivity index is 2.03. The molecule has 4 nitrogen and oxygen atoms in total. The predicted octanol–water partition coefficient (Wildman–Crippen LogP) is 3.87. The zero-order valence-corrected chi connectivity index (χ0v) is 13.6. The lowest BCUT2D eigenvalue weighted by atomic mass is 9.80. The lowest BCUT2D eigenvalue weighted by Gasteiger charge is -2.26.